The number of ether oxygens (including phenoxy) is 3. The number of ketones is 1. The molecule has 0 heterocycles. The lowest BCUT2D eigenvalue weighted by atomic mass is 10.0. The molecule has 1 N–H and O–H groups in total. The molecule has 0 aromatic heterocycles. The first-order chi connectivity index (χ1) is 13.4. The van der Waals surface area contributed by atoms with Crippen molar-refractivity contribution in [2.24, 2.45) is 0 Å². The molecule has 0 saturated heterocycles. The molecular formula is C22H26O6. The minimum Gasteiger partial charge on any atom is -0.507 e. The fourth-order valence-corrected chi connectivity index (χ4v) is 2.73. The Labute approximate surface area is 165 Å². The molecule has 0 atom stereocenters. The van der Waals surface area contributed by atoms with E-state index in [1.54, 1.807) is 36.4 Å². The molecule has 0 amide bonds. The van der Waals surface area contributed by atoms with Gasteiger partial charge >= 0.3 is 5.97 Å². The van der Waals surface area contributed by atoms with E-state index in [1.807, 2.05) is 6.92 Å². The molecule has 2 aromatic rings. The molecule has 150 valence electrons. The van der Waals surface area contributed by atoms with Gasteiger partial charge in [-0.3, -0.25) is 9.59 Å². The number of esters is 1. The lowest BCUT2D eigenvalue weighted by molar-refractivity contribution is -0.131. The number of carbonyl (C=O) groups is 2. The number of aromatic hydroxyl groups is 1. The topological polar surface area (TPSA) is 82.1 Å². The predicted molar refractivity (Wildman–Crippen MR) is 105 cm³/mol. The van der Waals surface area contributed by atoms with Gasteiger partial charge in [0, 0.05) is 18.9 Å². The maximum atomic E-state index is 11.6. The number of hydrogen-bond donors (Lipinski definition) is 1. The Kier molecular flexibility index (Phi) is 7.87. The number of Topliss-reactive ketones (excluding diaryl/α,β-unsaturated/α-hetero) is 1. The summed E-state index contributed by atoms with van der Waals surface area (Å²) < 4.78 is 16.4. The van der Waals surface area contributed by atoms with E-state index in [0.29, 0.717) is 54.4 Å². The van der Waals surface area contributed by atoms with E-state index in [-0.39, 0.29) is 17.5 Å². The van der Waals surface area contributed by atoms with Crippen molar-refractivity contribution in [3.8, 4) is 23.0 Å². The number of benzene rings is 2. The minimum absolute atomic E-state index is 0.0102. The van der Waals surface area contributed by atoms with Gasteiger partial charge in [-0.1, -0.05) is 13.3 Å². The van der Waals surface area contributed by atoms with Gasteiger partial charge in [-0.05, 0) is 49.7 Å². The molecule has 0 aliphatic heterocycles. The van der Waals surface area contributed by atoms with Crippen LogP contribution < -0.4 is 14.2 Å². The summed E-state index contributed by atoms with van der Waals surface area (Å²) >= 11 is 0. The molecular weight excluding hydrogens is 360 g/mol. The van der Waals surface area contributed by atoms with Gasteiger partial charge in [0.2, 0.25) is 0 Å². The molecule has 0 aliphatic carbocycles. The fourth-order valence-electron chi connectivity index (χ4n) is 2.73. The van der Waals surface area contributed by atoms with Crippen LogP contribution in [0.4, 0.5) is 0 Å². The summed E-state index contributed by atoms with van der Waals surface area (Å²) in [6.45, 7) is 5.66. The number of carbonyl (C=O) groups excluding carboxylic acids is 2. The highest BCUT2D eigenvalue weighted by molar-refractivity contribution is 5.97. The highest BCUT2D eigenvalue weighted by atomic mass is 16.5. The highest BCUT2D eigenvalue weighted by Gasteiger charge is 2.15. The molecule has 2 rings (SSSR count). The van der Waals surface area contributed by atoms with Crippen LogP contribution in [0.2, 0.25) is 0 Å². The zero-order valence-corrected chi connectivity index (χ0v) is 16.5. The van der Waals surface area contributed by atoms with Gasteiger partial charge in [0.05, 0.1) is 18.8 Å². The van der Waals surface area contributed by atoms with Crippen molar-refractivity contribution >= 4 is 11.8 Å². The lowest BCUT2D eigenvalue weighted by Crippen LogP contribution is -2.07. The number of phenols is 1. The Morgan fingerprint density at radius 2 is 1.57 bits per heavy atom. The molecule has 0 unspecified atom stereocenters. The van der Waals surface area contributed by atoms with Crippen LogP contribution in [0, 0.1) is 0 Å². The van der Waals surface area contributed by atoms with Crippen LogP contribution in [0.5, 0.6) is 23.0 Å². The normalized spacial score (nSPS) is 10.4. The summed E-state index contributed by atoms with van der Waals surface area (Å²) in [5.74, 6) is 1.21. The summed E-state index contributed by atoms with van der Waals surface area (Å²) in [7, 11) is 0. The summed E-state index contributed by atoms with van der Waals surface area (Å²) in [4.78, 5) is 22.5. The minimum atomic E-state index is -0.365. The predicted octanol–water partition coefficient (Wildman–Crippen LogP) is 4.32. The Bertz CT molecular complexity index is 811. The summed E-state index contributed by atoms with van der Waals surface area (Å²) in [6, 6.07) is 10.1. The van der Waals surface area contributed by atoms with E-state index in [1.165, 1.54) is 13.8 Å². The Balaban J connectivity index is 1.85. The Morgan fingerprint density at radius 3 is 2.18 bits per heavy atom. The van der Waals surface area contributed by atoms with Gasteiger partial charge in [-0.25, -0.2) is 0 Å². The van der Waals surface area contributed by atoms with Crippen molar-refractivity contribution < 1.29 is 28.9 Å². The van der Waals surface area contributed by atoms with Gasteiger partial charge in [0.1, 0.15) is 23.0 Å². The molecule has 28 heavy (non-hydrogen) atoms. The van der Waals surface area contributed by atoms with Crippen LogP contribution >= 0.6 is 0 Å². The zero-order valence-electron chi connectivity index (χ0n) is 16.5. The quantitative estimate of drug-likeness (QED) is 0.283. The van der Waals surface area contributed by atoms with Crippen molar-refractivity contribution in [1.82, 2.24) is 0 Å². The molecule has 0 saturated carbocycles. The van der Waals surface area contributed by atoms with Crippen molar-refractivity contribution in [3.05, 3.63) is 47.5 Å². The molecule has 6 heteroatoms. The maximum Gasteiger partial charge on any atom is 0.308 e. The van der Waals surface area contributed by atoms with Gasteiger partial charge in [0.15, 0.2) is 5.78 Å². The van der Waals surface area contributed by atoms with Crippen LogP contribution in [0.25, 0.3) is 0 Å². The summed E-state index contributed by atoms with van der Waals surface area (Å²) in [5.41, 5.74) is 0.980. The third-order valence-corrected chi connectivity index (χ3v) is 4.02. The first-order valence-electron chi connectivity index (χ1n) is 9.32. The van der Waals surface area contributed by atoms with Gasteiger partial charge in [-0.15, -0.1) is 0 Å². The van der Waals surface area contributed by atoms with E-state index in [4.69, 9.17) is 14.2 Å². The van der Waals surface area contributed by atoms with E-state index in [0.717, 1.165) is 6.42 Å². The van der Waals surface area contributed by atoms with Crippen LogP contribution in [-0.4, -0.2) is 30.1 Å². The molecule has 0 bridgehead atoms. The van der Waals surface area contributed by atoms with Crippen molar-refractivity contribution in [2.75, 3.05) is 13.2 Å². The first-order valence-corrected chi connectivity index (χ1v) is 9.32. The third-order valence-electron chi connectivity index (χ3n) is 4.02. The summed E-state index contributed by atoms with van der Waals surface area (Å²) in [5, 5.41) is 10.3. The third kappa shape index (κ3) is 6.01. The largest absolute Gasteiger partial charge is 0.507 e. The molecule has 0 fully saturated rings. The Morgan fingerprint density at radius 1 is 0.929 bits per heavy atom. The molecule has 0 radical (unpaired) electrons. The molecule has 2 aromatic carbocycles. The SMILES string of the molecule is CCCc1c(OCCCOc2ccc(OC(C)=O)cc2)ccc(C(C)=O)c1O. The number of rotatable bonds is 10. The fraction of sp³-hybridized carbons (Fsp3) is 0.364. The van der Waals surface area contributed by atoms with Gasteiger partial charge in [-0.2, -0.15) is 0 Å². The van der Waals surface area contributed by atoms with Crippen molar-refractivity contribution in [3.63, 3.8) is 0 Å². The molecule has 0 spiro atoms. The van der Waals surface area contributed by atoms with Gasteiger partial charge < -0.3 is 19.3 Å². The highest BCUT2D eigenvalue weighted by Crippen LogP contribution is 2.33. The van der Waals surface area contributed by atoms with Crippen LogP contribution in [0.3, 0.4) is 0 Å². The summed E-state index contributed by atoms with van der Waals surface area (Å²) in [6.07, 6.45) is 2.11. The lowest BCUT2D eigenvalue weighted by Gasteiger charge is -2.15. The number of hydrogen-bond acceptors (Lipinski definition) is 6. The zero-order chi connectivity index (χ0) is 20.5. The molecule has 6 nitrogen and oxygen atoms in total. The van der Waals surface area contributed by atoms with E-state index >= 15 is 0 Å². The van der Waals surface area contributed by atoms with Crippen LogP contribution in [0.1, 0.15) is 49.5 Å². The maximum absolute atomic E-state index is 11.6. The van der Waals surface area contributed by atoms with E-state index in [2.05, 4.69) is 0 Å². The first kappa shape index (κ1) is 21.3. The number of phenolic OH excluding ortho intramolecular Hbond substituents is 1. The van der Waals surface area contributed by atoms with Crippen molar-refractivity contribution in [2.45, 2.75) is 40.0 Å². The Hall–Kier alpha value is -3.02. The van der Waals surface area contributed by atoms with Crippen molar-refractivity contribution in [1.29, 1.82) is 0 Å². The second-order valence-electron chi connectivity index (χ2n) is 6.36. The van der Waals surface area contributed by atoms with Crippen LogP contribution in [-0.2, 0) is 11.2 Å². The smallest absolute Gasteiger partial charge is 0.308 e. The second kappa shape index (κ2) is 10.3. The van der Waals surface area contributed by atoms with Gasteiger partial charge in [0.25, 0.3) is 0 Å². The van der Waals surface area contributed by atoms with E-state index in [9.17, 15) is 14.7 Å². The van der Waals surface area contributed by atoms with Crippen LogP contribution in [0.15, 0.2) is 36.4 Å². The standard InChI is InChI=1S/C22H26O6/c1-4-6-20-21(12-11-19(15(2)23)22(20)25)27-14-5-13-26-17-7-9-18(10-8-17)28-16(3)24/h7-12,25H,4-6,13-14H2,1-3H3. The van der Waals surface area contributed by atoms with E-state index < -0.39 is 0 Å². The monoisotopic (exact) mass is 386 g/mol. The molecule has 0 aliphatic rings. The average Bonchev–Trinajstić information content (AvgIpc) is 2.64. The average molecular weight is 386 g/mol. The second-order valence-corrected chi connectivity index (χ2v) is 6.36.